The molecule has 1 fully saturated rings. The minimum Gasteiger partial charge on any atom is -0.353 e. The molecule has 1 aliphatic rings. The lowest BCUT2D eigenvalue weighted by atomic mass is 9.96. The van der Waals surface area contributed by atoms with Crippen molar-refractivity contribution < 1.29 is 18.0 Å². The minimum absolute atomic E-state index is 0.00317. The number of Topliss-reactive ketones (excluding diaryl/α,β-unsaturated/α-hetero) is 1. The second kappa shape index (κ2) is 10.2. The van der Waals surface area contributed by atoms with Crippen LogP contribution in [0.5, 0.6) is 0 Å². The van der Waals surface area contributed by atoms with E-state index in [1.165, 1.54) is 41.1 Å². The smallest absolute Gasteiger partial charge is 0.243 e. The summed E-state index contributed by atoms with van der Waals surface area (Å²) in [7, 11) is -3.63. The normalized spacial score (nSPS) is 16.6. The number of carbonyl (C=O) groups excluding carboxylic acids is 2. The van der Waals surface area contributed by atoms with Crippen molar-refractivity contribution in [3.63, 3.8) is 0 Å². The summed E-state index contributed by atoms with van der Waals surface area (Å²) < 4.78 is 27.2. The zero-order valence-corrected chi connectivity index (χ0v) is 18.9. The molecule has 0 radical (unpaired) electrons. The highest BCUT2D eigenvalue weighted by atomic mass is 32.2. The fraction of sp³-hybridized carbons (Fsp3) is 0.417. The Kier molecular flexibility index (Phi) is 7.62. The van der Waals surface area contributed by atoms with Crippen LogP contribution in [0, 0.1) is 5.92 Å². The summed E-state index contributed by atoms with van der Waals surface area (Å²) in [4.78, 5) is 24.2. The number of hydrogen-bond acceptors (Lipinski definition) is 4. The lowest BCUT2D eigenvalue weighted by Gasteiger charge is -2.31. The topological polar surface area (TPSA) is 83.6 Å². The Balaban J connectivity index is 1.50. The van der Waals surface area contributed by atoms with Crippen LogP contribution < -0.4 is 5.32 Å². The van der Waals surface area contributed by atoms with E-state index in [0.717, 1.165) is 12.8 Å². The van der Waals surface area contributed by atoms with E-state index in [-0.39, 0.29) is 28.5 Å². The molecule has 166 valence electrons. The molecule has 0 aromatic heterocycles. The first-order valence-electron chi connectivity index (χ1n) is 10.7. The van der Waals surface area contributed by atoms with E-state index in [4.69, 9.17) is 0 Å². The van der Waals surface area contributed by atoms with Crippen molar-refractivity contribution in [2.45, 2.75) is 50.5 Å². The monoisotopic (exact) mass is 442 g/mol. The zero-order valence-electron chi connectivity index (χ0n) is 18.1. The van der Waals surface area contributed by atoms with Crippen LogP contribution in [0.25, 0.3) is 0 Å². The fourth-order valence-corrected chi connectivity index (χ4v) is 5.30. The molecule has 6 nitrogen and oxygen atoms in total. The number of ketones is 1. The van der Waals surface area contributed by atoms with Crippen LogP contribution in [0.3, 0.4) is 0 Å². The van der Waals surface area contributed by atoms with Gasteiger partial charge in [0.25, 0.3) is 0 Å². The third kappa shape index (κ3) is 6.02. The summed E-state index contributed by atoms with van der Waals surface area (Å²) in [5, 5.41) is 3.08. The van der Waals surface area contributed by atoms with Crippen LogP contribution in [-0.2, 0) is 21.2 Å². The van der Waals surface area contributed by atoms with Gasteiger partial charge in [-0.05, 0) is 57.2 Å². The molecule has 0 saturated carbocycles. The molecule has 2 aromatic rings. The molecule has 1 aliphatic heterocycles. The van der Waals surface area contributed by atoms with Gasteiger partial charge in [0.05, 0.1) is 4.90 Å². The van der Waals surface area contributed by atoms with Crippen LogP contribution in [0.15, 0.2) is 59.5 Å². The van der Waals surface area contributed by atoms with Crippen LogP contribution in [0.2, 0.25) is 0 Å². The number of hydrogen-bond donors (Lipinski definition) is 1. The third-order valence-corrected chi connectivity index (χ3v) is 7.73. The molecule has 1 heterocycles. The van der Waals surface area contributed by atoms with Gasteiger partial charge >= 0.3 is 0 Å². The molecule has 1 atom stereocenters. The van der Waals surface area contributed by atoms with Gasteiger partial charge in [-0.25, -0.2) is 8.42 Å². The number of rotatable bonds is 8. The second-order valence-electron chi connectivity index (χ2n) is 8.19. The van der Waals surface area contributed by atoms with Gasteiger partial charge in [0.15, 0.2) is 5.78 Å². The van der Waals surface area contributed by atoms with Crippen LogP contribution in [-0.4, -0.2) is 43.5 Å². The summed E-state index contributed by atoms with van der Waals surface area (Å²) in [6.45, 7) is 4.08. The van der Waals surface area contributed by atoms with E-state index in [1.54, 1.807) is 0 Å². The van der Waals surface area contributed by atoms with Gasteiger partial charge in [-0.15, -0.1) is 0 Å². The Morgan fingerprint density at radius 1 is 1.03 bits per heavy atom. The van der Waals surface area contributed by atoms with Gasteiger partial charge in [-0.2, -0.15) is 4.31 Å². The molecule has 1 saturated heterocycles. The summed E-state index contributed by atoms with van der Waals surface area (Å²) >= 11 is 0. The quantitative estimate of drug-likeness (QED) is 0.635. The average molecular weight is 443 g/mol. The fourth-order valence-electron chi connectivity index (χ4n) is 3.83. The zero-order chi connectivity index (χ0) is 22.4. The summed E-state index contributed by atoms with van der Waals surface area (Å²) in [6, 6.07) is 16.3. The van der Waals surface area contributed by atoms with Gasteiger partial charge in [-0.1, -0.05) is 42.5 Å². The number of carbonyl (C=O) groups is 2. The van der Waals surface area contributed by atoms with Crippen molar-refractivity contribution in [3.05, 3.63) is 65.7 Å². The van der Waals surface area contributed by atoms with Gasteiger partial charge in [-0.3, -0.25) is 9.59 Å². The molecule has 31 heavy (non-hydrogen) atoms. The summed E-state index contributed by atoms with van der Waals surface area (Å²) in [5.41, 5.74) is 1.73. The Hall–Kier alpha value is -2.51. The Bertz CT molecular complexity index is 996. The lowest BCUT2D eigenvalue weighted by Crippen LogP contribution is -2.44. The van der Waals surface area contributed by atoms with Gasteiger partial charge in [0.1, 0.15) is 0 Å². The maximum absolute atomic E-state index is 12.9. The number of amides is 1. The highest BCUT2D eigenvalue weighted by molar-refractivity contribution is 7.89. The third-order valence-electron chi connectivity index (χ3n) is 5.82. The van der Waals surface area contributed by atoms with Crippen LogP contribution in [0.1, 0.15) is 49.0 Å². The van der Waals surface area contributed by atoms with Crippen molar-refractivity contribution >= 4 is 21.7 Å². The van der Waals surface area contributed by atoms with Gasteiger partial charge in [0.2, 0.25) is 15.9 Å². The average Bonchev–Trinajstić information content (AvgIpc) is 2.78. The molecule has 0 spiro atoms. The number of nitrogens with one attached hydrogen (secondary N) is 1. The number of aryl methyl sites for hydroxylation is 1. The molecular weight excluding hydrogens is 412 g/mol. The number of benzene rings is 2. The van der Waals surface area contributed by atoms with E-state index in [9.17, 15) is 18.0 Å². The van der Waals surface area contributed by atoms with Crippen molar-refractivity contribution in [3.8, 4) is 0 Å². The van der Waals surface area contributed by atoms with E-state index in [2.05, 4.69) is 17.4 Å². The maximum Gasteiger partial charge on any atom is 0.243 e. The summed E-state index contributed by atoms with van der Waals surface area (Å²) in [5.74, 6) is -0.275. The Labute approximate surface area is 184 Å². The highest BCUT2D eigenvalue weighted by Crippen LogP contribution is 2.24. The van der Waals surface area contributed by atoms with Gasteiger partial charge in [0, 0.05) is 30.6 Å². The second-order valence-corrected chi connectivity index (χ2v) is 10.1. The van der Waals surface area contributed by atoms with E-state index in [1.807, 2.05) is 25.1 Å². The maximum atomic E-state index is 12.9. The van der Waals surface area contributed by atoms with Crippen LogP contribution >= 0.6 is 0 Å². The number of sulfonamides is 1. The Morgan fingerprint density at radius 2 is 1.65 bits per heavy atom. The number of nitrogens with zero attached hydrogens (tertiary/aromatic N) is 1. The predicted molar refractivity (Wildman–Crippen MR) is 120 cm³/mol. The molecule has 1 unspecified atom stereocenters. The summed E-state index contributed by atoms with van der Waals surface area (Å²) in [6.07, 6.45) is 2.77. The largest absolute Gasteiger partial charge is 0.353 e. The number of piperidine rings is 1. The molecule has 2 aromatic carbocycles. The Morgan fingerprint density at radius 3 is 2.23 bits per heavy atom. The van der Waals surface area contributed by atoms with Crippen molar-refractivity contribution in [2.75, 3.05) is 13.1 Å². The SMILES string of the molecule is CC(=O)c1ccc(S(=O)(=O)N2CCC(C(=O)NC(C)CCc3ccccc3)CC2)cc1. The molecule has 1 amide bonds. The lowest BCUT2D eigenvalue weighted by molar-refractivity contribution is -0.126. The molecule has 3 rings (SSSR count). The molecule has 1 N–H and O–H groups in total. The van der Waals surface area contributed by atoms with Crippen molar-refractivity contribution in [1.29, 1.82) is 0 Å². The van der Waals surface area contributed by atoms with Crippen molar-refractivity contribution in [2.24, 2.45) is 5.92 Å². The minimum atomic E-state index is -3.63. The van der Waals surface area contributed by atoms with E-state index in [0.29, 0.717) is 31.5 Å². The van der Waals surface area contributed by atoms with Crippen LogP contribution in [0.4, 0.5) is 0 Å². The molecule has 0 aliphatic carbocycles. The first kappa shape index (κ1) is 23.2. The first-order valence-corrected chi connectivity index (χ1v) is 12.2. The highest BCUT2D eigenvalue weighted by Gasteiger charge is 2.32. The van der Waals surface area contributed by atoms with Crippen molar-refractivity contribution in [1.82, 2.24) is 9.62 Å². The van der Waals surface area contributed by atoms with E-state index < -0.39 is 10.0 Å². The molecular formula is C24H30N2O4S. The van der Waals surface area contributed by atoms with Gasteiger partial charge < -0.3 is 5.32 Å². The molecule has 7 heteroatoms. The standard InChI is InChI=1S/C24H30N2O4S/c1-18(8-9-20-6-4-3-5-7-20)25-24(28)22-14-16-26(17-15-22)31(29,30)23-12-10-21(11-13-23)19(2)27/h3-7,10-13,18,22H,8-9,14-17H2,1-2H3,(H,25,28). The predicted octanol–water partition coefficient (Wildman–Crippen LogP) is 3.43. The molecule has 0 bridgehead atoms. The first-order chi connectivity index (χ1) is 14.8. The van der Waals surface area contributed by atoms with E-state index >= 15 is 0 Å².